The van der Waals surface area contributed by atoms with E-state index in [-0.39, 0.29) is 23.4 Å². The molecule has 0 bridgehead atoms. The molecule has 0 radical (unpaired) electrons. The Balaban J connectivity index is 1.64. The molecule has 1 aromatic heterocycles. The first-order chi connectivity index (χ1) is 18.9. The second-order valence-corrected chi connectivity index (χ2v) is 10.4. The van der Waals surface area contributed by atoms with Gasteiger partial charge in [-0.15, -0.1) is 0 Å². The summed E-state index contributed by atoms with van der Waals surface area (Å²) < 4.78 is 32.0. The van der Waals surface area contributed by atoms with E-state index in [1.807, 2.05) is 6.07 Å². The fourth-order valence-corrected chi connectivity index (χ4v) is 5.60. The largest absolute Gasteiger partial charge is 0.497 e. The third-order valence-electron chi connectivity index (χ3n) is 6.62. The lowest BCUT2D eigenvalue weighted by Gasteiger charge is -2.28. The topological polar surface area (TPSA) is 131 Å². The quantitative estimate of drug-likeness (QED) is 0.239. The highest BCUT2D eigenvalue weighted by atomic mass is 35.5. The number of aromatic nitrogens is 2. The van der Waals surface area contributed by atoms with Crippen LogP contribution in [0.3, 0.4) is 0 Å². The normalized spacial score (nSPS) is 13.5. The number of methoxy groups -OCH3 is 1. The molecule has 4 aromatic rings. The van der Waals surface area contributed by atoms with Gasteiger partial charge in [0.2, 0.25) is 10.9 Å². The van der Waals surface area contributed by atoms with Gasteiger partial charge in [0.1, 0.15) is 5.75 Å². The van der Waals surface area contributed by atoms with Crippen molar-refractivity contribution in [1.82, 2.24) is 9.97 Å². The molecule has 0 atom stereocenters. The van der Waals surface area contributed by atoms with Crippen LogP contribution in [0.25, 0.3) is 11.0 Å². The lowest BCUT2D eigenvalue weighted by atomic mass is 10.1. The van der Waals surface area contributed by atoms with E-state index in [1.54, 1.807) is 60.7 Å². The van der Waals surface area contributed by atoms with E-state index in [9.17, 15) is 13.2 Å². The van der Waals surface area contributed by atoms with Crippen molar-refractivity contribution >= 4 is 68.3 Å². The molecule has 3 aromatic carbocycles. The molecule has 5 rings (SSSR count). The highest BCUT2D eigenvalue weighted by Crippen LogP contribution is 2.37. The minimum Gasteiger partial charge on any atom is -0.497 e. The summed E-state index contributed by atoms with van der Waals surface area (Å²) in [6.07, 6.45) is 3.67. The van der Waals surface area contributed by atoms with Crippen LogP contribution in [-0.4, -0.2) is 37.6 Å². The van der Waals surface area contributed by atoms with Gasteiger partial charge >= 0.3 is 6.03 Å². The number of para-hydroxylation sites is 2. The number of rotatable bonds is 8. The van der Waals surface area contributed by atoms with E-state index in [4.69, 9.17) is 22.1 Å². The molecule has 1 fully saturated rings. The third kappa shape index (κ3) is 5.55. The first-order valence-corrected chi connectivity index (χ1v) is 13.9. The predicted molar refractivity (Wildman–Crippen MR) is 154 cm³/mol. The summed E-state index contributed by atoms with van der Waals surface area (Å²) in [5, 5.41) is 3.51. The molecule has 39 heavy (non-hydrogen) atoms. The highest BCUT2D eigenvalue weighted by Gasteiger charge is 2.28. The Morgan fingerprint density at radius 1 is 1.00 bits per heavy atom. The number of anilines is 5. The molecule has 0 spiro atoms. The Morgan fingerprint density at radius 2 is 1.69 bits per heavy atom. The number of urea groups is 1. The van der Waals surface area contributed by atoms with Crippen LogP contribution in [-0.2, 0) is 10.9 Å². The van der Waals surface area contributed by atoms with E-state index in [0.717, 1.165) is 30.0 Å². The average Bonchev–Trinajstić information content (AvgIpc) is 3.44. The molecule has 1 heterocycles. The van der Waals surface area contributed by atoms with Crippen LogP contribution in [0, 0.1) is 0 Å². The molecule has 1 saturated carbocycles. The average molecular weight is 567 g/mol. The summed E-state index contributed by atoms with van der Waals surface area (Å²) in [4.78, 5) is 23.3. The number of benzene rings is 3. The maximum Gasteiger partial charge on any atom is 0.319 e. The lowest BCUT2D eigenvalue weighted by Crippen LogP contribution is -2.42. The van der Waals surface area contributed by atoms with Crippen LogP contribution < -0.4 is 25.0 Å². The fraction of sp³-hybridized carbons (Fsp3) is 0.222. The summed E-state index contributed by atoms with van der Waals surface area (Å²) in [7, 11) is -1.70. The van der Waals surface area contributed by atoms with E-state index in [0.29, 0.717) is 33.2 Å². The van der Waals surface area contributed by atoms with Crippen molar-refractivity contribution in [2.45, 2.75) is 31.7 Å². The van der Waals surface area contributed by atoms with Crippen LogP contribution in [0.1, 0.15) is 25.7 Å². The van der Waals surface area contributed by atoms with Crippen LogP contribution >= 0.6 is 11.6 Å². The van der Waals surface area contributed by atoms with Gasteiger partial charge in [0, 0.05) is 17.8 Å². The summed E-state index contributed by atoms with van der Waals surface area (Å²) >= 11 is 6.43. The molecule has 1 aliphatic carbocycles. The van der Waals surface area contributed by atoms with Crippen molar-refractivity contribution in [2.75, 3.05) is 21.6 Å². The molecule has 0 saturated heterocycles. The minimum atomic E-state index is -3.24. The number of fused-ring (bicyclic) bond motifs is 1. The van der Waals surface area contributed by atoms with Crippen molar-refractivity contribution < 1.29 is 17.9 Å². The molecule has 3 N–H and O–H groups in total. The molecule has 0 aliphatic heterocycles. The van der Waals surface area contributed by atoms with Gasteiger partial charge in [-0.2, -0.15) is 0 Å². The zero-order valence-electron chi connectivity index (χ0n) is 21.1. The van der Waals surface area contributed by atoms with Gasteiger partial charge in [-0.25, -0.2) is 27.5 Å². The van der Waals surface area contributed by atoms with E-state index in [1.165, 1.54) is 12.0 Å². The van der Waals surface area contributed by atoms with Gasteiger partial charge in [-0.05, 0) is 55.3 Å². The smallest absolute Gasteiger partial charge is 0.319 e. The van der Waals surface area contributed by atoms with Crippen molar-refractivity contribution in [1.29, 1.82) is 0 Å². The number of halogens is 1. The molecule has 12 heteroatoms. The number of nitrogens with one attached hydrogen (secondary N) is 1. The van der Waals surface area contributed by atoms with Crippen LogP contribution in [0.5, 0.6) is 5.75 Å². The summed E-state index contributed by atoms with van der Waals surface area (Å²) in [6, 6.07) is 18.2. The number of primary amides is 1. The van der Waals surface area contributed by atoms with Crippen molar-refractivity contribution in [3.63, 3.8) is 0 Å². The van der Waals surface area contributed by atoms with Crippen LogP contribution in [0.2, 0.25) is 5.02 Å². The monoisotopic (exact) mass is 566 g/mol. The second kappa shape index (κ2) is 11.3. The SMILES string of the molecule is COc1ccc(Cl)c(Nc2nc3ccccc3nc2N(c2cccc(N(C(N)=O)C3CCCC3)c2)[SH](=O)=O)c1. The molecule has 1 aliphatic rings. The molecular formula is C27H27ClN6O4S. The standard InChI is InChI=1S/C27H27ClN6O4S/c1-38-20-13-14-21(28)24(16-20)31-25-26(32-23-12-5-4-11-22(23)30-25)34(39(36)37)19-10-6-9-18(15-19)33(27(29)35)17-7-2-3-8-17/h4-6,9-17,39H,2-3,7-8H2,1H3,(H2,29,35)(H,30,31). The Kier molecular flexibility index (Phi) is 7.71. The predicted octanol–water partition coefficient (Wildman–Crippen LogP) is 5.53. The number of hydrogen-bond acceptors (Lipinski definition) is 7. The number of nitrogens with two attached hydrogens (primary N) is 1. The number of carbonyl (C=O) groups excluding carboxylic acids is 1. The third-order valence-corrected chi connectivity index (χ3v) is 7.70. The number of carbonyl (C=O) groups is 1. The first-order valence-electron chi connectivity index (χ1n) is 12.4. The zero-order valence-corrected chi connectivity index (χ0v) is 22.7. The van der Waals surface area contributed by atoms with E-state index < -0.39 is 16.9 Å². The van der Waals surface area contributed by atoms with Crippen LogP contribution in [0.4, 0.5) is 33.5 Å². The Labute approximate surface area is 232 Å². The highest BCUT2D eigenvalue weighted by molar-refractivity contribution is 7.74. The molecule has 2 amide bonds. The van der Waals surface area contributed by atoms with Gasteiger partial charge in [0.15, 0.2) is 11.6 Å². The minimum absolute atomic E-state index is 0.0346. The number of hydrogen-bond donors (Lipinski definition) is 3. The lowest BCUT2D eigenvalue weighted by molar-refractivity contribution is 0.251. The Bertz CT molecular complexity index is 1600. The van der Waals surface area contributed by atoms with Gasteiger partial charge in [0.25, 0.3) is 0 Å². The van der Waals surface area contributed by atoms with E-state index >= 15 is 0 Å². The Morgan fingerprint density at radius 3 is 2.36 bits per heavy atom. The van der Waals surface area contributed by atoms with Crippen molar-refractivity contribution in [2.24, 2.45) is 5.73 Å². The fourth-order valence-electron chi connectivity index (χ4n) is 4.83. The Hall–Kier alpha value is -4.09. The molecule has 10 nitrogen and oxygen atoms in total. The molecule has 202 valence electrons. The van der Waals surface area contributed by atoms with Gasteiger partial charge in [-0.1, -0.05) is 42.6 Å². The zero-order chi connectivity index (χ0) is 27.5. The number of thiol groups is 1. The first kappa shape index (κ1) is 26.5. The molecule has 0 unspecified atom stereocenters. The van der Waals surface area contributed by atoms with Crippen molar-refractivity contribution in [3.8, 4) is 5.75 Å². The van der Waals surface area contributed by atoms with Gasteiger partial charge in [-0.3, -0.25) is 4.90 Å². The van der Waals surface area contributed by atoms with Crippen LogP contribution in [0.15, 0.2) is 66.7 Å². The summed E-state index contributed by atoms with van der Waals surface area (Å²) in [5.74, 6) is 0.749. The maximum atomic E-state index is 12.8. The number of nitrogens with zero attached hydrogens (tertiary/aromatic N) is 4. The summed E-state index contributed by atoms with van der Waals surface area (Å²) in [6.45, 7) is 0. The summed E-state index contributed by atoms with van der Waals surface area (Å²) in [5.41, 5.74) is 8.05. The van der Waals surface area contributed by atoms with Gasteiger partial charge < -0.3 is 15.8 Å². The maximum absolute atomic E-state index is 12.8. The molecular weight excluding hydrogens is 540 g/mol. The van der Waals surface area contributed by atoms with Gasteiger partial charge in [0.05, 0.1) is 34.5 Å². The number of amides is 2. The second-order valence-electron chi connectivity index (χ2n) is 9.07. The van der Waals surface area contributed by atoms with Crippen molar-refractivity contribution in [3.05, 3.63) is 71.8 Å². The van der Waals surface area contributed by atoms with E-state index in [2.05, 4.69) is 15.3 Å². The number of ether oxygens (including phenoxy) is 1.